The van der Waals surface area contributed by atoms with Crippen molar-refractivity contribution in [3.63, 3.8) is 0 Å². The van der Waals surface area contributed by atoms with Crippen LogP contribution in [0, 0.1) is 0 Å². The molecule has 3 heterocycles. The third kappa shape index (κ3) is 2.50. The summed E-state index contributed by atoms with van der Waals surface area (Å²) >= 11 is 1.48. The standard InChI is InChI=1S/C15H13N5O2S/c21-12(17-9-4-2-1-3-5-9)6-10-8-23-15-18-13-11(7-16-19-13)14(22)20(10)15/h1-5,7,10H,6,8H2,(H,16,19)(H,17,21). The van der Waals surface area contributed by atoms with Gasteiger partial charge in [0, 0.05) is 17.9 Å². The Morgan fingerprint density at radius 2 is 2.22 bits per heavy atom. The Bertz CT molecular complexity index is 934. The molecule has 0 spiro atoms. The maximum absolute atomic E-state index is 12.5. The van der Waals surface area contributed by atoms with Gasteiger partial charge < -0.3 is 5.32 Å². The summed E-state index contributed by atoms with van der Waals surface area (Å²) in [6, 6.07) is 9.08. The number of hydrogen-bond acceptors (Lipinski definition) is 5. The zero-order chi connectivity index (χ0) is 15.8. The fourth-order valence-electron chi connectivity index (χ4n) is 2.65. The number of anilines is 1. The number of aromatic nitrogens is 4. The van der Waals surface area contributed by atoms with E-state index >= 15 is 0 Å². The molecule has 0 saturated heterocycles. The summed E-state index contributed by atoms with van der Waals surface area (Å²) in [6.07, 6.45) is 1.71. The molecule has 0 radical (unpaired) electrons. The van der Waals surface area contributed by atoms with Crippen molar-refractivity contribution in [1.29, 1.82) is 0 Å². The van der Waals surface area contributed by atoms with Crippen molar-refractivity contribution in [2.75, 3.05) is 11.1 Å². The van der Waals surface area contributed by atoms with E-state index in [9.17, 15) is 9.59 Å². The van der Waals surface area contributed by atoms with Gasteiger partial charge >= 0.3 is 0 Å². The lowest BCUT2D eigenvalue weighted by molar-refractivity contribution is -0.116. The molecule has 0 fully saturated rings. The van der Waals surface area contributed by atoms with Gasteiger partial charge in [-0.1, -0.05) is 30.0 Å². The molecule has 1 unspecified atom stereocenters. The topological polar surface area (TPSA) is 92.7 Å². The van der Waals surface area contributed by atoms with Crippen LogP contribution in [0.15, 0.2) is 46.5 Å². The van der Waals surface area contributed by atoms with Gasteiger partial charge in [-0.3, -0.25) is 19.3 Å². The number of rotatable bonds is 3. The van der Waals surface area contributed by atoms with E-state index in [-0.39, 0.29) is 23.9 Å². The highest BCUT2D eigenvalue weighted by Crippen LogP contribution is 2.32. The molecule has 1 aliphatic heterocycles. The average Bonchev–Trinajstić information content (AvgIpc) is 3.16. The quantitative estimate of drug-likeness (QED) is 0.716. The first kappa shape index (κ1) is 14.0. The van der Waals surface area contributed by atoms with E-state index in [0.717, 1.165) is 5.69 Å². The van der Waals surface area contributed by atoms with Crippen molar-refractivity contribution in [2.45, 2.75) is 17.6 Å². The molecule has 1 aliphatic rings. The second-order valence-electron chi connectivity index (χ2n) is 5.28. The van der Waals surface area contributed by atoms with E-state index in [1.807, 2.05) is 30.3 Å². The van der Waals surface area contributed by atoms with E-state index < -0.39 is 0 Å². The van der Waals surface area contributed by atoms with Gasteiger partial charge in [0.15, 0.2) is 10.8 Å². The highest BCUT2D eigenvalue weighted by Gasteiger charge is 2.28. The van der Waals surface area contributed by atoms with Crippen LogP contribution in [0.4, 0.5) is 5.69 Å². The monoisotopic (exact) mass is 327 g/mol. The predicted octanol–water partition coefficient (Wildman–Crippen LogP) is 1.80. The molecule has 2 N–H and O–H groups in total. The van der Waals surface area contributed by atoms with Crippen molar-refractivity contribution < 1.29 is 4.79 Å². The SMILES string of the molecule is O=C(CC1CSc2nc3[nH]ncc3c(=O)n21)Nc1ccccc1. The van der Waals surface area contributed by atoms with Gasteiger partial charge in [0.1, 0.15) is 5.39 Å². The number of amides is 1. The van der Waals surface area contributed by atoms with E-state index in [0.29, 0.717) is 21.9 Å². The smallest absolute Gasteiger partial charge is 0.265 e. The highest BCUT2D eigenvalue weighted by molar-refractivity contribution is 7.99. The molecule has 3 aromatic rings. The van der Waals surface area contributed by atoms with Crippen molar-refractivity contribution >= 4 is 34.4 Å². The number of nitrogens with one attached hydrogen (secondary N) is 2. The number of fused-ring (bicyclic) bond motifs is 2. The minimum absolute atomic E-state index is 0.117. The second kappa shape index (κ2) is 5.54. The molecule has 7 nitrogen and oxygen atoms in total. The summed E-state index contributed by atoms with van der Waals surface area (Å²) < 4.78 is 1.60. The van der Waals surface area contributed by atoms with Crippen molar-refractivity contribution in [1.82, 2.24) is 19.7 Å². The number of hydrogen-bond donors (Lipinski definition) is 2. The third-order valence-electron chi connectivity index (χ3n) is 3.73. The number of nitrogens with zero attached hydrogens (tertiary/aromatic N) is 3. The summed E-state index contributed by atoms with van der Waals surface area (Å²) in [6.45, 7) is 0. The Labute approximate surface area is 135 Å². The number of carbonyl (C=O) groups is 1. The maximum Gasteiger partial charge on any atom is 0.265 e. The number of H-pyrrole nitrogens is 1. The molecular formula is C15H13N5O2S. The van der Waals surface area contributed by atoms with E-state index in [1.165, 1.54) is 18.0 Å². The molecule has 116 valence electrons. The molecule has 0 saturated carbocycles. The largest absolute Gasteiger partial charge is 0.326 e. The number of aromatic amines is 1. The first-order chi connectivity index (χ1) is 11.2. The van der Waals surface area contributed by atoms with Crippen LogP contribution in [0.2, 0.25) is 0 Å². The Hall–Kier alpha value is -2.61. The van der Waals surface area contributed by atoms with Gasteiger partial charge in [0.05, 0.1) is 12.2 Å². The van der Waals surface area contributed by atoms with Gasteiger partial charge in [-0.05, 0) is 12.1 Å². The van der Waals surface area contributed by atoms with Crippen LogP contribution in [0.1, 0.15) is 12.5 Å². The van der Waals surface area contributed by atoms with Crippen LogP contribution in [0.5, 0.6) is 0 Å². The molecule has 4 rings (SSSR count). The zero-order valence-electron chi connectivity index (χ0n) is 12.0. The Morgan fingerprint density at radius 1 is 1.39 bits per heavy atom. The van der Waals surface area contributed by atoms with Crippen molar-refractivity contribution in [3.05, 3.63) is 46.9 Å². The molecular weight excluding hydrogens is 314 g/mol. The van der Waals surface area contributed by atoms with Crippen molar-refractivity contribution in [3.8, 4) is 0 Å². The Morgan fingerprint density at radius 3 is 3.04 bits per heavy atom. The normalized spacial score (nSPS) is 16.4. The van der Waals surface area contributed by atoms with Gasteiger partial charge in [-0.25, -0.2) is 4.98 Å². The minimum Gasteiger partial charge on any atom is -0.326 e. The van der Waals surface area contributed by atoms with Gasteiger partial charge in [0.2, 0.25) is 5.91 Å². The van der Waals surface area contributed by atoms with Gasteiger partial charge in [-0.15, -0.1) is 0 Å². The highest BCUT2D eigenvalue weighted by atomic mass is 32.2. The summed E-state index contributed by atoms with van der Waals surface area (Å²) in [5.41, 5.74) is 1.09. The number of carbonyl (C=O) groups excluding carboxylic acids is 1. The van der Waals surface area contributed by atoms with E-state index in [4.69, 9.17) is 0 Å². The van der Waals surface area contributed by atoms with Crippen LogP contribution in [0.3, 0.4) is 0 Å². The minimum atomic E-state index is -0.196. The van der Waals surface area contributed by atoms with E-state index in [1.54, 1.807) is 4.57 Å². The fourth-order valence-corrected chi connectivity index (χ4v) is 3.79. The summed E-state index contributed by atoms with van der Waals surface area (Å²) in [7, 11) is 0. The zero-order valence-corrected chi connectivity index (χ0v) is 12.8. The number of benzene rings is 1. The molecule has 1 amide bonds. The summed E-state index contributed by atoms with van der Waals surface area (Å²) in [5, 5.41) is 10.5. The van der Waals surface area contributed by atoms with Crippen LogP contribution in [-0.2, 0) is 4.79 Å². The Balaban J connectivity index is 1.59. The molecule has 0 aliphatic carbocycles. The van der Waals surface area contributed by atoms with Crippen LogP contribution >= 0.6 is 11.8 Å². The molecule has 1 aromatic carbocycles. The fraction of sp³-hybridized carbons (Fsp3) is 0.200. The second-order valence-corrected chi connectivity index (χ2v) is 6.27. The maximum atomic E-state index is 12.5. The summed E-state index contributed by atoms with van der Waals surface area (Å²) in [5.74, 6) is 0.540. The average molecular weight is 327 g/mol. The first-order valence-corrected chi connectivity index (χ1v) is 8.14. The van der Waals surface area contributed by atoms with Gasteiger partial charge in [-0.2, -0.15) is 5.10 Å². The van der Waals surface area contributed by atoms with Crippen LogP contribution < -0.4 is 10.9 Å². The third-order valence-corrected chi connectivity index (χ3v) is 4.83. The molecule has 1 atom stereocenters. The summed E-state index contributed by atoms with van der Waals surface area (Å²) in [4.78, 5) is 29.2. The molecule has 8 heteroatoms. The first-order valence-electron chi connectivity index (χ1n) is 7.15. The van der Waals surface area contributed by atoms with Gasteiger partial charge in [0.25, 0.3) is 5.56 Å². The Kier molecular flexibility index (Phi) is 3.38. The lowest BCUT2D eigenvalue weighted by atomic mass is 10.2. The van der Waals surface area contributed by atoms with E-state index in [2.05, 4.69) is 20.5 Å². The number of para-hydroxylation sites is 1. The lowest BCUT2D eigenvalue weighted by Gasteiger charge is -2.13. The number of thioether (sulfide) groups is 1. The predicted molar refractivity (Wildman–Crippen MR) is 87.6 cm³/mol. The van der Waals surface area contributed by atoms with Crippen LogP contribution in [-0.4, -0.2) is 31.4 Å². The molecule has 0 bridgehead atoms. The lowest BCUT2D eigenvalue weighted by Crippen LogP contribution is -2.27. The molecule has 23 heavy (non-hydrogen) atoms. The molecule has 2 aromatic heterocycles. The van der Waals surface area contributed by atoms with Crippen LogP contribution in [0.25, 0.3) is 11.0 Å². The van der Waals surface area contributed by atoms with Crippen molar-refractivity contribution in [2.24, 2.45) is 0 Å².